The molecule has 5 heteroatoms. The first-order valence-electron chi connectivity index (χ1n) is 2.14. The quantitative estimate of drug-likeness (QED) is 0.268. The summed E-state index contributed by atoms with van der Waals surface area (Å²) in [6.45, 7) is 0.934. The minimum Gasteiger partial charge on any atom is -0.294 e. The predicted molar refractivity (Wildman–Crippen MR) is 26.8 cm³/mol. The number of carbonyl (C=O) groups excluding carboxylic acids is 4. The van der Waals surface area contributed by atoms with E-state index in [-0.39, 0.29) is 25.8 Å². The normalized spacial score (nSPS) is 7.30. The summed E-state index contributed by atoms with van der Waals surface area (Å²) in [5.74, 6) is -3.46. The van der Waals surface area contributed by atoms with Crippen LogP contribution in [-0.2, 0) is 38.7 Å². The topological polar surface area (TPSA) is 68.3 Å². The first-order valence-corrected chi connectivity index (χ1v) is 2.14. The van der Waals surface area contributed by atoms with Crippen molar-refractivity contribution in [3.05, 3.63) is 0 Å². The van der Waals surface area contributed by atoms with Crippen LogP contribution in [0, 0.1) is 0 Å². The molecule has 0 N–H and O–H groups in total. The standard InChI is InChI=1S/C5H4O4.Rh/c1-3(7)5(9)4(8)2-6;/h2H,1H3;. The Hall–Kier alpha value is -0.697. The fourth-order valence-electron chi connectivity index (χ4n) is 0.227. The maximum Gasteiger partial charge on any atom is 0.271 e. The summed E-state index contributed by atoms with van der Waals surface area (Å²) < 4.78 is 0. The van der Waals surface area contributed by atoms with Crippen molar-refractivity contribution in [2.45, 2.75) is 6.92 Å². The van der Waals surface area contributed by atoms with E-state index < -0.39 is 17.3 Å². The van der Waals surface area contributed by atoms with Gasteiger partial charge in [0.05, 0.1) is 0 Å². The molecule has 0 saturated carbocycles. The summed E-state index contributed by atoms with van der Waals surface area (Å²) in [6, 6.07) is 0. The van der Waals surface area contributed by atoms with Gasteiger partial charge >= 0.3 is 0 Å². The maximum absolute atomic E-state index is 10.1. The summed E-state index contributed by atoms with van der Waals surface area (Å²) in [7, 11) is 0. The summed E-state index contributed by atoms with van der Waals surface area (Å²) in [5, 5.41) is 0. The Labute approximate surface area is 69.7 Å². The van der Waals surface area contributed by atoms with E-state index in [0.29, 0.717) is 0 Å². The minimum atomic E-state index is -1.29. The van der Waals surface area contributed by atoms with Crippen LogP contribution in [0.5, 0.6) is 0 Å². The molecule has 0 fully saturated rings. The van der Waals surface area contributed by atoms with Crippen LogP contribution >= 0.6 is 0 Å². The van der Waals surface area contributed by atoms with Crippen LogP contribution in [0.25, 0.3) is 0 Å². The second kappa shape index (κ2) is 5.12. The summed E-state index contributed by atoms with van der Waals surface area (Å²) in [5.41, 5.74) is 0. The zero-order valence-electron chi connectivity index (χ0n) is 5.04. The Morgan fingerprint density at radius 3 is 1.70 bits per heavy atom. The molecule has 0 atom stereocenters. The molecule has 0 aliphatic rings. The van der Waals surface area contributed by atoms with Gasteiger partial charge in [0.25, 0.3) is 11.6 Å². The summed E-state index contributed by atoms with van der Waals surface area (Å²) in [4.78, 5) is 39.7. The van der Waals surface area contributed by atoms with E-state index in [1.165, 1.54) is 0 Å². The molecule has 10 heavy (non-hydrogen) atoms. The second-order valence-electron chi connectivity index (χ2n) is 1.37. The van der Waals surface area contributed by atoms with Gasteiger partial charge in [0.2, 0.25) is 5.78 Å². The van der Waals surface area contributed by atoms with Gasteiger partial charge in [-0.05, 0) is 0 Å². The van der Waals surface area contributed by atoms with Crippen LogP contribution in [0.2, 0.25) is 0 Å². The molecule has 0 aliphatic heterocycles. The van der Waals surface area contributed by atoms with Crippen LogP contribution in [0.1, 0.15) is 6.92 Å². The average Bonchev–Trinajstić information content (AvgIpc) is 1.84. The van der Waals surface area contributed by atoms with Gasteiger partial charge in [-0.1, -0.05) is 0 Å². The Morgan fingerprint density at radius 1 is 1.20 bits per heavy atom. The van der Waals surface area contributed by atoms with E-state index in [9.17, 15) is 19.2 Å². The third-order valence-electron chi connectivity index (χ3n) is 0.651. The van der Waals surface area contributed by atoms with E-state index in [2.05, 4.69) is 0 Å². The van der Waals surface area contributed by atoms with Crippen LogP contribution in [-0.4, -0.2) is 23.6 Å². The smallest absolute Gasteiger partial charge is 0.271 e. The monoisotopic (exact) mass is 231 g/mol. The fourth-order valence-corrected chi connectivity index (χ4v) is 0.227. The van der Waals surface area contributed by atoms with Crippen molar-refractivity contribution in [1.82, 2.24) is 0 Å². The molecule has 0 aromatic carbocycles. The SMILES string of the molecule is CC(=O)C(=O)C(=O)C=O.[Rh]. The maximum atomic E-state index is 10.1. The van der Waals surface area contributed by atoms with Gasteiger partial charge in [0, 0.05) is 26.4 Å². The van der Waals surface area contributed by atoms with E-state index in [1.807, 2.05) is 0 Å². The van der Waals surface area contributed by atoms with Crippen molar-refractivity contribution < 1.29 is 38.7 Å². The van der Waals surface area contributed by atoms with Crippen LogP contribution in [0.3, 0.4) is 0 Å². The predicted octanol–water partition coefficient (Wildman–Crippen LogP) is -1.09. The Balaban J connectivity index is 0. The molecule has 57 valence electrons. The third-order valence-corrected chi connectivity index (χ3v) is 0.651. The van der Waals surface area contributed by atoms with Crippen molar-refractivity contribution in [3.8, 4) is 0 Å². The van der Waals surface area contributed by atoms with Crippen LogP contribution in [0.4, 0.5) is 0 Å². The molecule has 0 bridgehead atoms. The largest absolute Gasteiger partial charge is 0.294 e. The summed E-state index contributed by atoms with van der Waals surface area (Å²) in [6.07, 6.45) is -0.177. The molecule has 0 spiro atoms. The molecule has 0 unspecified atom stereocenters. The number of ketones is 3. The molecule has 0 aliphatic carbocycles. The Bertz CT molecular complexity index is 184. The number of hydrogen-bond donors (Lipinski definition) is 0. The van der Waals surface area contributed by atoms with Crippen molar-refractivity contribution in [1.29, 1.82) is 0 Å². The zero-order chi connectivity index (χ0) is 7.44. The molecule has 0 aromatic rings. The van der Waals surface area contributed by atoms with E-state index in [4.69, 9.17) is 0 Å². The van der Waals surface area contributed by atoms with Crippen molar-refractivity contribution in [2.75, 3.05) is 0 Å². The molecule has 0 amide bonds. The van der Waals surface area contributed by atoms with Gasteiger partial charge in [-0.25, -0.2) is 0 Å². The number of carbonyl (C=O) groups is 4. The van der Waals surface area contributed by atoms with E-state index >= 15 is 0 Å². The van der Waals surface area contributed by atoms with Crippen molar-refractivity contribution in [3.63, 3.8) is 0 Å². The third kappa shape index (κ3) is 3.35. The zero-order valence-corrected chi connectivity index (χ0v) is 6.68. The van der Waals surface area contributed by atoms with Gasteiger partial charge < -0.3 is 0 Å². The molecule has 0 rings (SSSR count). The fraction of sp³-hybridized carbons (Fsp3) is 0.200. The number of rotatable bonds is 3. The molecule has 0 saturated heterocycles. The van der Waals surface area contributed by atoms with Crippen molar-refractivity contribution in [2.24, 2.45) is 0 Å². The second-order valence-corrected chi connectivity index (χ2v) is 1.37. The Kier molecular flexibility index (Phi) is 6.15. The van der Waals surface area contributed by atoms with Crippen molar-refractivity contribution >= 4 is 23.6 Å². The molecular weight excluding hydrogens is 227 g/mol. The molecule has 4 nitrogen and oxygen atoms in total. The van der Waals surface area contributed by atoms with Gasteiger partial charge in [-0.15, -0.1) is 0 Å². The van der Waals surface area contributed by atoms with Crippen LogP contribution in [0.15, 0.2) is 0 Å². The van der Waals surface area contributed by atoms with Gasteiger partial charge in [0.1, 0.15) is 0 Å². The van der Waals surface area contributed by atoms with E-state index in [0.717, 1.165) is 6.92 Å². The van der Waals surface area contributed by atoms with Gasteiger partial charge in [-0.2, -0.15) is 0 Å². The average molecular weight is 231 g/mol. The first-order chi connectivity index (χ1) is 4.09. The number of Topliss-reactive ketones (excluding diaryl/α,β-unsaturated/α-hetero) is 3. The van der Waals surface area contributed by atoms with Gasteiger partial charge in [-0.3, -0.25) is 19.2 Å². The first kappa shape index (κ1) is 12.0. The number of hydrogen-bond acceptors (Lipinski definition) is 4. The van der Waals surface area contributed by atoms with Gasteiger partial charge in [0.15, 0.2) is 6.29 Å². The number of aldehydes is 1. The summed E-state index contributed by atoms with van der Waals surface area (Å²) >= 11 is 0. The molecule has 1 radical (unpaired) electrons. The Morgan fingerprint density at radius 2 is 1.60 bits per heavy atom. The van der Waals surface area contributed by atoms with E-state index in [1.54, 1.807) is 0 Å². The molecular formula is C5H4O4Rh. The molecule has 0 heterocycles. The van der Waals surface area contributed by atoms with Crippen LogP contribution < -0.4 is 0 Å². The minimum absolute atomic E-state index is 0. The molecule has 0 aromatic heterocycles.